The summed E-state index contributed by atoms with van der Waals surface area (Å²) in [7, 11) is 0. The second kappa shape index (κ2) is 15.1. The highest BCUT2D eigenvalue weighted by Crippen LogP contribution is 2.45. The molecule has 1 amide bonds. The first kappa shape index (κ1) is 32.1. The predicted molar refractivity (Wildman–Crippen MR) is 178 cm³/mol. The number of azide groups is 1. The van der Waals surface area contributed by atoms with Gasteiger partial charge >= 0.3 is 0 Å². The first-order valence-electron chi connectivity index (χ1n) is 14.4. The number of rotatable bonds is 13. The lowest BCUT2D eigenvalue weighted by atomic mass is 9.81. The fourth-order valence-corrected chi connectivity index (χ4v) is 5.93. The van der Waals surface area contributed by atoms with Gasteiger partial charge in [-0.3, -0.25) is 4.79 Å². The van der Waals surface area contributed by atoms with Crippen molar-refractivity contribution in [3.63, 3.8) is 0 Å². The van der Waals surface area contributed by atoms with Crippen LogP contribution in [-0.2, 0) is 22.4 Å². The molecule has 0 spiro atoms. The van der Waals surface area contributed by atoms with E-state index in [2.05, 4.69) is 31.3 Å². The molecule has 5 rings (SSSR count). The summed E-state index contributed by atoms with van der Waals surface area (Å²) in [5, 5.41) is 16.7. The third-order valence-electron chi connectivity index (χ3n) is 7.46. The predicted octanol–water partition coefficient (Wildman–Crippen LogP) is 7.66. The van der Waals surface area contributed by atoms with Gasteiger partial charge in [-0.15, -0.1) is 0 Å². The molecule has 230 valence electrons. The molecule has 0 saturated heterocycles. The van der Waals surface area contributed by atoms with Gasteiger partial charge in [0.25, 0.3) is 5.91 Å². The molecule has 1 aliphatic rings. The van der Waals surface area contributed by atoms with Gasteiger partial charge in [0.1, 0.15) is 5.75 Å². The zero-order valence-electron chi connectivity index (χ0n) is 24.3. The lowest BCUT2D eigenvalue weighted by molar-refractivity contribution is -0.128. The number of benzene rings is 4. The molecule has 0 fully saturated rings. The lowest BCUT2D eigenvalue weighted by Gasteiger charge is -2.31. The minimum Gasteiger partial charge on any atom is -0.494 e. The Kier molecular flexibility index (Phi) is 10.8. The Bertz CT molecular complexity index is 1730. The largest absolute Gasteiger partial charge is 0.494 e. The van der Waals surface area contributed by atoms with E-state index < -0.39 is 11.6 Å². The molecule has 0 aromatic heterocycles. The van der Waals surface area contributed by atoms with Crippen molar-refractivity contribution in [2.75, 3.05) is 19.8 Å². The molecule has 0 radical (unpaired) electrons. The fraction of sp³-hybridized carbons (Fsp3) is 0.235. The SMILES string of the molecule is [N-]=[N+]=Nc1ccccc1C[C@@]1(C(=O)NCCc2ccccc2Cl)N=C(c2ccc(OCCCO)cc2)O[C@@H]1c1ccccc1Br. The zero-order chi connectivity index (χ0) is 31.6. The van der Waals surface area contributed by atoms with Crippen LogP contribution in [-0.4, -0.2) is 42.2 Å². The maximum absolute atomic E-state index is 14.5. The highest BCUT2D eigenvalue weighted by molar-refractivity contribution is 9.10. The van der Waals surface area contributed by atoms with E-state index in [9.17, 15) is 10.3 Å². The number of ether oxygens (including phenoxy) is 2. The van der Waals surface area contributed by atoms with Crippen molar-refractivity contribution in [2.45, 2.75) is 30.9 Å². The average molecular weight is 689 g/mol. The minimum atomic E-state index is -1.48. The van der Waals surface area contributed by atoms with Crippen LogP contribution in [0.3, 0.4) is 0 Å². The van der Waals surface area contributed by atoms with Gasteiger partial charge < -0.3 is 19.9 Å². The average Bonchev–Trinajstić information content (AvgIpc) is 3.44. The molecule has 0 saturated carbocycles. The van der Waals surface area contributed by atoms with Crippen molar-refractivity contribution in [3.05, 3.63) is 139 Å². The van der Waals surface area contributed by atoms with Crippen LogP contribution in [0.4, 0.5) is 5.69 Å². The van der Waals surface area contributed by atoms with Crippen LogP contribution in [0.2, 0.25) is 5.02 Å². The van der Waals surface area contributed by atoms with Gasteiger partial charge in [-0.2, -0.15) is 0 Å². The summed E-state index contributed by atoms with van der Waals surface area (Å²) in [6.45, 7) is 0.750. The van der Waals surface area contributed by atoms with Crippen molar-refractivity contribution >= 4 is 45.0 Å². The Labute approximate surface area is 274 Å². The summed E-state index contributed by atoms with van der Waals surface area (Å²) in [6, 6.07) is 29.5. The Morgan fingerprint density at radius 2 is 1.76 bits per heavy atom. The smallest absolute Gasteiger partial charge is 0.252 e. The van der Waals surface area contributed by atoms with Gasteiger partial charge in [-0.05, 0) is 59.5 Å². The van der Waals surface area contributed by atoms with E-state index >= 15 is 0 Å². The van der Waals surface area contributed by atoms with Crippen LogP contribution in [0.25, 0.3) is 10.4 Å². The molecular weight excluding hydrogens is 658 g/mol. The van der Waals surface area contributed by atoms with Crippen molar-refractivity contribution in [1.82, 2.24) is 5.32 Å². The summed E-state index contributed by atoms with van der Waals surface area (Å²) in [5.74, 6) is 0.588. The number of aliphatic hydroxyl groups is 1. The van der Waals surface area contributed by atoms with Gasteiger partial charge in [0, 0.05) is 57.2 Å². The van der Waals surface area contributed by atoms with Crippen molar-refractivity contribution in [3.8, 4) is 5.75 Å². The third kappa shape index (κ3) is 7.49. The van der Waals surface area contributed by atoms with E-state index in [0.29, 0.717) is 59.5 Å². The number of halogens is 2. The third-order valence-corrected chi connectivity index (χ3v) is 8.55. The highest BCUT2D eigenvalue weighted by Gasteiger charge is 2.54. The van der Waals surface area contributed by atoms with Crippen molar-refractivity contribution < 1.29 is 19.4 Å². The van der Waals surface area contributed by atoms with Crippen molar-refractivity contribution in [1.29, 1.82) is 0 Å². The number of nitrogens with one attached hydrogen (secondary N) is 1. The molecule has 45 heavy (non-hydrogen) atoms. The molecule has 9 nitrogen and oxygen atoms in total. The zero-order valence-corrected chi connectivity index (χ0v) is 26.6. The first-order chi connectivity index (χ1) is 21.9. The Morgan fingerprint density at radius 3 is 2.49 bits per heavy atom. The number of aliphatic imine (C=N–C) groups is 1. The summed E-state index contributed by atoms with van der Waals surface area (Å²) in [4.78, 5) is 22.6. The lowest BCUT2D eigenvalue weighted by Crippen LogP contribution is -2.50. The molecular formula is C34H31BrClN5O4. The number of hydrogen-bond acceptors (Lipinski definition) is 6. The van der Waals surface area contributed by atoms with Crippen LogP contribution in [0.1, 0.15) is 34.8 Å². The Balaban J connectivity index is 1.57. The summed E-state index contributed by atoms with van der Waals surface area (Å²) in [6.07, 6.45) is 0.309. The van der Waals surface area contributed by atoms with Crippen LogP contribution >= 0.6 is 27.5 Å². The van der Waals surface area contributed by atoms with Gasteiger partial charge in [0.2, 0.25) is 5.90 Å². The normalized spacial score (nSPS) is 17.1. The molecule has 11 heteroatoms. The molecule has 2 N–H and O–H groups in total. The van der Waals surface area contributed by atoms with Crippen LogP contribution < -0.4 is 10.1 Å². The quantitative estimate of drug-likeness (QED) is 0.0647. The van der Waals surface area contributed by atoms with E-state index in [0.717, 1.165) is 15.6 Å². The number of amides is 1. The van der Waals surface area contributed by atoms with Gasteiger partial charge in [0.15, 0.2) is 11.6 Å². The molecule has 0 aliphatic carbocycles. The number of nitrogens with zero attached hydrogens (tertiary/aromatic N) is 4. The maximum Gasteiger partial charge on any atom is 0.252 e. The molecule has 4 aromatic carbocycles. The van der Waals surface area contributed by atoms with E-state index in [4.69, 9.17) is 31.2 Å². The second-order valence-corrected chi connectivity index (χ2v) is 11.7. The summed E-state index contributed by atoms with van der Waals surface area (Å²) < 4.78 is 13.1. The number of carbonyl (C=O) groups is 1. The van der Waals surface area contributed by atoms with Gasteiger partial charge in [-0.1, -0.05) is 93.3 Å². The van der Waals surface area contributed by atoms with E-state index in [1.165, 1.54) is 0 Å². The maximum atomic E-state index is 14.5. The van der Waals surface area contributed by atoms with Crippen LogP contribution in [0, 0.1) is 0 Å². The molecule has 1 heterocycles. The number of hydrogen-bond donors (Lipinski definition) is 2. The fourth-order valence-electron chi connectivity index (χ4n) is 5.21. The topological polar surface area (TPSA) is 129 Å². The van der Waals surface area contributed by atoms with E-state index in [-0.39, 0.29) is 18.9 Å². The van der Waals surface area contributed by atoms with Crippen LogP contribution in [0.5, 0.6) is 5.75 Å². The van der Waals surface area contributed by atoms with E-state index in [1.807, 2.05) is 72.8 Å². The number of aliphatic hydroxyl groups excluding tert-OH is 1. The monoisotopic (exact) mass is 687 g/mol. The van der Waals surface area contributed by atoms with Crippen LogP contribution in [0.15, 0.2) is 112 Å². The molecule has 2 atom stereocenters. The highest BCUT2D eigenvalue weighted by atomic mass is 79.9. The number of carbonyl (C=O) groups excluding carboxylic acids is 1. The summed E-state index contributed by atoms with van der Waals surface area (Å²) >= 11 is 10.0. The van der Waals surface area contributed by atoms with Crippen molar-refractivity contribution in [2.24, 2.45) is 10.1 Å². The second-order valence-electron chi connectivity index (χ2n) is 10.4. The Morgan fingerprint density at radius 1 is 1.04 bits per heavy atom. The van der Waals surface area contributed by atoms with Gasteiger partial charge in [-0.25, -0.2) is 4.99 Å². The molecule has 0 unspecified atom stereocenters. The van der Waals surface area contributed by atoms with E-state index in [1.54, 1.807) is 24.3 Å². The summed E-state index contributed by atoms with van der Waals surface area (Å²) in [5.41, 5.74) is 11.2. The first-order valence-corrected chi connectivity index (χ1v) is 15.6. The Hall–Kier alpha value is -4.34. The molecule has 0 bridgehead atoms. The molecule has 1 aliphatic heterocycles. The van der Waals surface area contributed by atoms with Gasteiger partial charge in [0.05, 0.1) is 6.61 Å². The molecule has 4 aromatic rings. The minimum absolute atomic E-state index is 0.0461. The standard InChI is InChI=1S/C34H31BrClN5O4/c35-28-11-4-3-10-27(28)31-34(22-25-9-2-6-13-30(25)40-41-37,33(43)38-19-18-23-8-1-5-12-29(23)36)39-32(45-31)24-14-16-26(17-15-24)44-21-7-20-42/h1-6,8-17,31,42H,7,18-22H2,(H,38,43)/t31-,34-/m1/s1.